The second-order valence-corrected chi connectivity index (χ2v) is 8.86. The Bertz CT molecular complexity index is 1000. The van der Waals surface area contributed by atoms with Crippen LogP contribution in [0.15, 0.2) is 48.5 Å². The standard InChI is InChI=1S/C23H25N3O2S/c1-15(22(28)24-19-7-5-6-18(14-19)16(2)27)26-12-10-17(11-13-26)23-25-20-8-3-4-9-21(20)29-23/h3-9,14-15,17H,10-13H2,1-2H3,(H,24,28)/p+1/t15-/m1/s1. The quantitative estimate of drug-likeness (QED) is 0.637. The molecule has 1 atom stereocenters. The number of anilines is 1. The van der Waals surface area contributed by atoms with Gasteiger partial charge in [0.2, 0.25) is 0 Å². The van der Waals surface area contributed by atoms with E-state index in [4.69, 9.17) is 4.98 Å². The molecule has 2 heterocycles. The summed E-state index contributed by atoms with van der Waals surface area (Å²) in [5, 5.41) is 4.20. The number of hydrogen-bond donors (Lipinski definition) is 2. The summed E-state index contributed by atoms with van der Waals surface area (Å²) >= 11 is 1.80. The number of aromatic nitrogens is 1. The Morgan fingerprint density at radius 2 is 1.90 bits per heavy atom. The average molecular weight is 409 g/mol. The fourth-order valence-electron chi connectivity index (χ4n) is 3.99. The lowest BCUT2D eigenvalue weighted by Crippen LogP contribution is -3.17. The van der Waals surface area contributed by atoms with Crippen LogP contribution in [0.25, 0.3) is 10.2 Å². The molecule has 1 aromatic heterocycles. The first kappa shape index (κ1) is 19.7. The molecule has 2 N–H and O–H groups in total. The zero-order chi connectivity index (χ0) is 20.4. The van der Waals surface area contributed by atoms with E-state index in [-0.39, 0.29) is 17.7 Å². The third-order valence-corrected chi connectivity index (χ3v) is 7.03. The summed E-state index contributed by atoms with van der Waals surface area (Å²) in [7, 11) is 0. The van der Waals surface area contributed by atoms with Gasteiger partial charge in [0.15, 0.2) is 11.8 Å². The van der Waals surface area contributed by atoms with Crippen molar-refractivity contribution in [2.45, 2.75) is 38.6 Å². The highest BCUT2D eigenvalue weighted by Gasteiger charge is 2.32. The number of carbonyl (C=O) groups excluding carboxylic acids is 2. The first-order chi connectivity index (χ1) is 14.0. The Labute approximate surface area is 174 Å². The van der Waals surface area contributed by atoms with E-state index in [1.165, 1.54) is 21.5 Å². The first-order valence-corrected chi connectivity index (χ1v) is 10.9. The molecule has 0 aliphatic carbocycles. The molecule has 2 aromatic carbocycles. The van der Waals surface area contributed by atoms with Gasteiger partial charge >= 0.3 is 0 Å². The van der Waals surface area contributed by atoms with Crippen LogP contribution in [0.3, 0.4) is 0 Å². The molecule has 3 aromatic rings. The molecular formula is C23H26N3O2S+. The number of nitrogens with one attached hydrogen (secondary N) is 2. The molecule has 29 heavy (non-hydrogen) atoms. The van der Waals surface area contributed by atoms with Crippen LogP contribution in [0.5, 0.6) is 0 Å². The Hall–Kier alpha value is -2.57. The molecule has 150 valence electrons. The van der Waals surface area contributed by atoms with E-state index >= 15 is 0 Å². The van der Waals surface area contributed by atoms with Crippen LogP contribution in [0.2, 0.25) is 0 Å². The highest BCUT2D eigenvalue weighted by molar-refractivity contribution is 7.18. The van der Waals surface area contributed by atoms with Gasteiger partial charge in [-0.1, -0.05) is 24.3 Å². The number of amides is 1. The average Bonchev–Trinajstić information content (AvgIpc) is 3.18. The number of likely N-dealkylation sites (tertiary alicyclic amines) is 1. The minimum Gasteiger partial charge on any atom is -0.325 e. The molecular weight excluding hydrogens is 382 g/mol. The number of piperidine rings is 1. The van der Waals surface area contributed by atoms with E-state index in [2.05, 4.69) is 23.5 Å². The molecule has 6 heteroatoms. The van der Waals surface area contributed by atoms with Crippen molar-refractivity contribution in [1.29, 1.82) is 0 Å². The van der Waals surface area contributed by atoms with Crippen molar-refractivity contribution in [3.8, 4) is 0 Å². The van der Waals surface area contributed by atoms with Crippen LogP contribution in [0, 0.1) is 0 Å². The molecule has 0 radical (unpaired) electrons. The van der Waals surface area contributed by atoms with Crippen molar-refractivity contribution in [2.24, 2.45) is 0 Å². The van der Waals surface area contributed by atoms with Crippen LogP contribution in [-0.2, 0) is 4.79 Å². The molecule has 0 bridgehead atoms. The Morgan fingerprint density at radius 3 is 2.62 bits per heavy atom. The van der Waals surface area contributed by atoms with Crippen LogP contribution >= 0.6 is 11.3 Å². The van der Waals surface area contributed by atoms with Gasteiger partial charge in [0.05, 0.1) is 28.3 Å². The smallest absolute Gasteiger partial charge is 0.282 e. The highest BCUT2D eigenvalue weighted by atomic mass is 32.1. The minimum absolute atomic E-state index is 0.000797. The Kier molecular flexibility index (Phi) is 5.74. The summed E-state index contributed by atoms with van der Waals surface area (Å²) in [5.41, 5.74) is 2.38. The van der Waals surface area contributed by atoms with Crippen LogP contribution in [0.1, 0.15) is 48.0 Å². The molecule has 1 amide bonds. The normalized spacial score (nSPS) is 20.3. The van der Waals surface area contributed by atoms with Gasteiger partial charge in [0.1, 0.15) is 0 Å². The number of nitrogens with zero attached hydrogens (tertiary/aromatic N) is 1. The lowest BCUT2D eigenvalue weighted by atomic mass is 9.96. The third kappa shape index (κ3) is 4.38. The fourth-order valence-corrected chi connectivity index (χ4v) is 5.12. The van der Waals surface area contributed by atoms with E-state index < -0.39 is 0 Å². The number of carbonyl (C=O) groups is 2. The second kappa shape index (κ2) is 8.43. The summed E-state index contributed by atoms with van der Waals surface area (Å²) in [6.07, 6.45) is 2.10. The van der Waals surface area contributed by atoms with Crippen molar-refractivity contribution >= 4 is 38.9 Å². The van der Waals surface area contributed by atoms with Gasteiger partial charge in [-0.2, -0.15) is 0 Å². The van der Waals surface area contributed by atoms with Crippen molar-refractivity contribution < 1.29 is 14.5 Å². The monoisotopic (exact) mass is 408 g/mol. The lowest BCUT2D eigenvalue weighted by molar-refractivity contribution is -0.919. The van der Waals surface area contributed by atoms with E-state index in [1.54, 1.807) is 29.5 Å². The van der Waals surface area contributed by atoms with Crippen LogP contribution in [-0.4, -0.2) is 35.8 Å². The zero-order valence-electron chi connectivity index (χ0n) is 16.8. The molecule has 5 nitrogen and oxygen atoms in total. The molecule has 1 aliphatic heterocycles. The third-order valence-electron chi connectivity index (χ3n) is 5.83. The number of para-hydroxylation sites is 1. The minimum atomic E-state index is -0.132. The van der Waals surface area contributed by atoms with E-state index in [0.29, 0.717) is 17.2 Å². The Morgan fingerprint density at radius 1 is 1.14 bits per heavy atom. The fraction of sp³-hybridized carbons (Fsp3) is 0.348. The van der Waals surface area contributed by atoms with Crippen LogP contribution in [0.4, 0.5) is 5.69 Å². The number of rotatable bonds is 5. The molecule has 0 saturated carbocycles. The maximum atomic E-state index is 12.7. The van der Waals surface area contributed by atoms with Crippen molar-refractivity contribution in [2.75, 3.05) is 18.4 Å². The van der Waals surface area contributed by atoms with Gasteiger partial charge in [-0.25, -0.2) is 4.98 Å². The van der Waals surface area contributed by atoms with Gasteiger partial charge in [-0.05, 0) is 38.1 Å². The maximum absolute atomic E-state index is 12.7. The SMILES string of the molecule is CC(=O)c1cccc(NC(=O)[C@@H](C)[NH+]2CCC(c3nc4ccccc4s3)CC2)c1. The van der Waals surface area contributed by atoms with E-state index in [0.717, 1.165) is 31.4 Å². The summed E-state index contributed by atoms with van der Waals surface area (Å²) < 4.78 is 1.25. The number of hydrogen-bond acceptors (Lipinski definition) is 4. The predicted octanol–water partition coefficient (Wildman–Crippen LogP) is 3.29. The number of Topliss-reactive ketones (excluding diaryl/α,β-unsaturated/α-hetero) is 1. The number of fused-ring (bicyclic) bond motifs is 1. The first-order valence-electron chi connectivity index (χ1n) is 10.1. The lowest BCUT2D eigenvalue weighted by Gasteiger charge is -2.31. The van der Waals surface area contributed by atoms with E-state index in [9.17, 15) is 9.59 Å². The number of benzene rings is 2. The molecule has 1 saturated heterocycles. The predicted molar refractivity (Wildman–Crippen MR) is 117 cm³/mol. The van der Waals surface area contributed by atoms with Crippen molar-refractivity contribution in [3.63, 3.8) is 0 Å². The molecule has 1 fully saturated rings. The van der Waals surface area contributed by atoms with Crippen LogP contribution < -0.4 is 10.2 Å². The van der Waals surface area contributed by atoms with Crippen molar-refractivity contribution in [1.82, 2.24) is 4.98 Å². The summed E-state index contributed by atoms with van der Waals surface area (Å²) in [6, 6.07) is 15.3. The molecule has 0 unspecified atom stereocenters. The number of quaternary nitrogens is 1. The summed E-state index contributed by atoms with van der Waals surface area (Å²) in [5.74, 6) is 0.481. The van der Waals surface area contributed by atoms with Gasteiger partial charge in [-0.15, -0.1) is 11.3 Å². The van der Waals surface area contributed by atoms with Gasteiger partial charge in [0.25, 0.3) is 5.91 Å². The number of thiazole rings is 1. The highest BCUT2D eigenvalue weighted by Crippen LogP contribution is 2.31. The van der Waals surface area contributed by atoms with Gasteiger partial charge in [-0.3, -0.25) is 9.59 Å². The van der Waals surface area contributed by atoms with Crippen molar-refractivity contribution in [3.05, 3.63) is 59.1 Å². The zero-order valence-corrected chi connectivity index (χ0v) is 17.6. The number of ketones is 1. The van der Waals surface area contributed by atoms with Gasteiger partial charge in [0, 0.05) is 30.0 Å². The topological polar surface area (TPSA) is 63.5 Å². The summed E-state index contributed by atoms with van der Waals surface area (Å²) in [6.45, 7) is 5.44. The molecule has 1 aliphatic rings. The van der Waals surface area contributed by atoms with E-state index in [1.807, 2.05) is 19.1 Å². The maximum Gasteiger partial charge on any atom is 0.282 e. The Balaban J connectivity index is 1.35. The largest absolute Gasteiger partial charge is 0.325 e. The van der Waals surface area contributed by atoms with Gasteiger partial charge < -0.3 is 10.2 Å². The summed E-state index contributed by atoms with van der Waals surface area (Å²) in [4.78, 5) is 30.4. The molecule has 4 rings (SSSR count). The second-order valence-electron chi connectivity index (χ2n) is 7.80. The molecule has 0 spiro atoms.